The fraction of sp³-hybridized carbons (Fsp3) is 0.261. The number of benzene rings is 1. The summed E-state index contributed by atoms with van der Waals surface area (Å²) in [5, 5.41) is 4.50. The summed E-state index contributed by atoms with van der Waals surface area (Å²) >= 11 is 6.07. The van der Waals surface area contributed by atoms with Gasteiger partial charge in [-0.3, -0.25) is 14.5 Å². The van der Waals surface area contributed by atoms with Gasteiger partial charge in [0, 0.05) is 53.0 Å². The van der Waals surface area contributed by atoms with Crippen molar-refractivity contribution in [3.63, 3.8) is 0 Å². The molecule has 1 unspecified atom stereocenters. The van der Waals surface area contributed by atoms with Crippen LogP contribution in [0.1, 0.15) is 29.8 Å². The number of aromatic nitrogens is 2. The maximum absolute atomic E-state index is 12.8. The van der Waals surface area contributed by atoms with E-state index >= 15 is 0 Å². The number of amides is 2. The molecule has 4 rings (SSSR count). The van der Waals surface area contributed by atoms with E-state index in [4.69, 9.17) is 11.6 Å². The number of carbonyl (C=O) groups excluding carboxylic acids is 2. The lowest BCUT2D eigenvalue weighted by atomic mass is 10.1. The molecule has 0 spiro atoms. The van der Waals surface area contributed by atoms with Gasteiger partial charge in [0.2, 0.25) is 11.8 Å². The predicted octanol–water partition coefficient (Wildman–Crippen LogP) is 4.25. The van der Waals surface area contributed by atoms with Crippen molar-refractivity contribution >= 4 is 58.6 Å². The Bertz CT molecular complexity index is 1190. The van der Waals surface area contributed by atoms with Gasteiger partial charge in [0.05, 0.1) is 12.6 Å². The molecule has 9 heteroatoms. The van der Waals surface area contributed by atoms with Gasteiger partial charge >= 0.3 is 0 Å². The molecule has 0 bridgehead atoms. The van der Waals surface area contributed by atoms with Crippen LogP contribution in [0.4, 0.5) is 5.82 Å². The number of carbonyl (C=O) groups is 2. The number of H-pyrrole nitrogens is 1. The molecule has 0 fully saturated rings. The molecule has 0 radical (unpaired) electrons. The van der Waals surface area contributed by atoms with Gasteiger partial charge in [-0.05, 0) is 55.9 Å². The molecule has 3 heterocycles. The van der Waals surface area contributed by atoms with Gasteiger partial charge in [0.25, 0.3) is 0 Å². The second kappa shape index (κ2) is 9.73. The smallest absolute Gasteiger partial charge is 0.246 e. The maximum atomic E-state index is 12.8. The first-order valence-corrected chi connectivity index (χ1v) is 10.4. The third kappa shape index (κ3) is 5.12. The number of nitrogens with one attached hydrogen (secondary N) is 2. The highest BCUT2D eigenvalue weighted by atomic mass is 35.5. The number of pyridine rings is 1. The summed E-state index contributed by atoms with van der Waals surface area (Å²) in [5.41, 5.74) is 3.64. The maximum Gasteiger partial charge on any atom is 0.246 e. The molecule has 0 saturated carbocycles. The van der Waals surface area contributed by atoms with Gasteiger partial charge in [0.15, 0.2) is 0 Å². The summed E-state index contributed by atoms with van der Waals surface area (Å²) in [5.74, 6) is 0.370. The Morgan fingerprint density at radius 1 is 1.28 bits per heavy atom. The number of hydrogen-bond acceptors (Lipinski definition) is 4. The summed E-state index contributed by atoms with van der Waals surface area (Å²) in [6, 6.07) is 9.48. The number of hydrogen-bond donors (Lipinski definition) is 2. The van der Waals surface area contributed by atoms with Crippen LogP contribution in [0.3, 0.4) is 0 Å². The average molecular weight is 474 g/mol. The summed E-state index contributed by atoms with van der Waals surface area (Å²) in [6.07, 6.45) is 4.94. The SMILES string of the molecule is CC(c1cc2cc(Cl)ccc2[nH]1)N(C)C(=O)C=Cc1cnc2c(c1)CN(C)CC(=O)N2.Cl. The van der Waals surface area contributed by atoms with Crippen molar-refractivity contribution in [2.45, 2.75) is 19.5 Å². The van der Waals surface area contributed by atoms with Gasteiger partial charge in [0.1, 0.15) is 5.82 Å². The first-order valence-electron chi connectivity index (χ1n) is 10.0. The van der Waals surface area contributed by atoms with Gasteiger partial charge in [-0.15, -0.1) is 12.4 Å². The Balaban J connectivity index is 0.00000289. The second-order valence-corrected chi connectivity index (χ2v) is 8.35. The van der Waals surface area contributed by atoms with Crippen LogP contribution in [0.25, 0.3) is 17.0 Å². The minimum Gasteiger partial charge on any atom is -0.357 e. The number of halogens is 2. The molecule has 1 atom stereocenters. The third-order valence-electron chi connectivity index (χ3n) is 5.50. The molecule has 3 aromatic rings. The summed E-state index contributed by atoms with van der Waals surface area (Å²) < 4.78 is 0. The Morgan fingerprint density at radius 2 is 2.06 bits per heavy atom. The lowest BCUT2D eigenvalue weighted by molar-refractivity contribution is -0.126. The van der Waals surface area contributed by atoms with Crippen molar-refractivity contribution < 1.29 is 9.59 Å². The number of rotatable bonds is 4. The molecule has 2 N–H and O–H groups in total. The number of aromatic amines is 1. The Morgan fingerprint density at radius 3 is 2.84 bits per heavy atom. The molecule has 1 aromatic carbocycles. The van der Waals surface area contributed by atoms with E-state index in [9.17, 15) is 9.59 Å². The van der Waals surface area contributed by atoms with E-state index in [1.807, 2.05) is 49.2 Å². The first kappa shape index (κ1) is 23.8. The monoisotopic (exact) mass is 473 g/mol. The topological polar surface area (TPSA) is 81.3 Å². The van der Waals surface area contributed by atoms with Crippen molar-refractivity contribution in [3.8, 4) is 0 Å². The minimum atomic E-state index is -0.141. The number of fused-ring (bicyclic) bond motifs is 2. The van der Waals surface area contributed by atoms with E-state index in [1.165, 1.54) is 0 Å². The van der Waals surface area contributed by atoms with Crippen molar-refractivity contribution in [2.75, 3.05) is 26.0 Å². The molecule has 1 aliphatic heterocycles. The zero-order valence-corrected chi connectivity index (χ0v) is 19.6. The third-order valence-corrected chi connectivity index (χ3v) is 5.74. The van der Waals surface area contributed by atoms with Crippen LogP contribution in [0.5, 0.6) is 0 Å². The quantitative estimate of drug-likeness (QED) is 0.554. The van der Waals surface area contributed by atoms with Crippen LogP contribution in [0.15, 0.2) is 42.6 Å². The van der Waals surface area contributed by atoms with Crippen LogP contribution < -0.4 is 5.32 Å². The molecule has 0 aliphatic carbocycles. The first-order chi connectivity index (χ1) is 14.8. The van der Waals surface area contributed by atoms with Crippen LogP contribution in [0.2, 0.25) is 5.02 Å². The Labute approximate surface area is 197 Å². The number of likely N-dealkylation sites (N-methyl/N-ethyl adjacent to an activating group) is 2. The van der Waals surface area contributed by atoms with Crippen LogP contribution in [0, 0.1) is 0 Å². The number of nitrogens with zero attached hydrogens (tertiary/aromatic N) is 3. The van der Waals surface area contributed by atoms with E-state index in [1.54, 1.807) is 30.3 Å². The molecule has 0 saturated heterocycles. The minimum absolute atomic E-state index is 0. The molecular weight excluding hydrogens is 449 g/mol. The van der Waals surface area contributed by atoms with E-state index in [0.29, 0.717) is 23.9 Å². The standard InChI is InChI=1S/C23H24ClN5O2.ClH/c1-14(20-10-16-9-18(24)5-6-19(16)26-20)29(3)22(31)7-4-15-8-17-12-28(2)13-21(30)27-23(17)25-11-15;/h4-11,14,26H,12-13H2,1-3H3,(H,25,27,30);1H. The van der Waals surface area contributed by atoms with Crippen molar-refractivity contribution in [3.05, 3.63) is 64.4 Å². The molecule has 168 valence electrons. The van der Waals surface area contributed by atoms with Crippen molar-refractivity contribution in [1.82, 2.24) is 19.8 Å². The van der Waals surface area contributed by atoms with Gasteiger partial charge in [-0.1, -0.05) is 11.6 Å². The van der Waals surface area contributed by atoms with Gasteiger partial charge in [-0.2, -0.15) is 0 Å². The van der Waals surface area contributed by atoms with E-state index in [-0.39, 0.29) is 30.3 Å². The molecule has 2 amide bonds. The highest BCUT2D eigenvalue weighted by molar-refractivity contribution is 6.31. The average Bonchev–Trinajstić information content (AvgIpc) is 3.08. The Hall–Kier alpha value is -2.87. The molecule has 32 heavy (non-hydrogen) atoms. The van der Waals surface area contributed by atoms with Gasteiger partial charge in [-0.25, -0.2) is 4.98 Å². The second-order valence-electron chi connectivity index (χ2n) is 7.91. The molecule has 2 aromatic heterocycles. The van der Waals surface area contributed by atoms with Crippen LogP contribution in [-0.2, 0) is 16.1 Å². The lowest BCUT2D eigenvalue weighted by Crippen LogP contribution is -2.28. The van der Waals surface area contributed by atoms with Crippen LogP contribution >= 0.6 is 24.0 Å². The number of anilines is 1. The summed E-state index contributed by atoms with van der Waals surface area (Å²) in [6.45, 7) is 2.90. The van der Waals surface area contributed by atoms with Crippen LogP contribution in [-0.4, -0.2) is 52.2 Å². The Kier molecular flexibility index (Phi) is 7.23. The zero-order valence-electron chi connectivity index (χ0n) is 18.1. The van der Waals surface area contributed by atoms with Crippen molar-refractivity contribution in [1.29, 1.82) is 0 Å². The van der Waals surface area contributed by atoms with Crippen molar-refractivity contribution in [2.24, 2.45) is 0 Å². The van der Waals surface area contributed by atoms with Gasteiger partial charge < -0.3 is 15.2 Å². The summed E-state index contributed by atoms with van der Waals surface area (Å²) in [7, 11) is 3.66. The summed E-state index contributed by atoms with van der Waals surface area (Å²) in [4.78, 5) is 35.9. The fourth-order valence-corrected chi connectivity index (χ4v) is 3.83. The zero-order chi connectivity index (χ0) is 22.1. The molecular formula is C23H25Cl2N5O2. The molecule has 7 nitrogen and oxygen atoms in total. The highest BCUT2D eigenvalue weighted by Crippen LogP contribution is 2.26. The highest BCUT2D eigenvalue weighted by Gasteiger charge is 2.19. The fourth-order valence-electron chi connectivity index (χ4n) is 3.65. The molecule has 1 aliphatic rings. The van der Waals surface area contributed by atoms with E-state index < -0.39 is 0 Å². The lowest BCUT2D eigenvalue weighted by Gasteiger charge is -2.22. The predicted molar refractivity (Wildman–Crippen MR) is 130 cm³/mol. The normalized spacial score (nSPS) is 15.1. The van der Waals surface area contributed by atoms with E-state index in [2.05, 4.69) is 15.3 Å². The largest absolute Gasteiger partial charge is 0.357 e. The van der Waals surface area contributed by atoms with E-state index in [0.717, 1.165) is 27.7 Å².